The molecule has 128 valence electrons. The van der Waals surface area contributed by atoms with Gasteiger partial charge in [-0.25, -0.2) is 9.59 Å². The molecule has 0 aromatic carbocycles. The summed E-state index contributed by atoms with van der Waals surface area (Å²) in [6.07, 6.45) is 8.95. The molecule has 22 heavy (non-hydrogen) atoms. The Morgan fingerprint density at radius 1 is 1.14 bits per heavy atom. The third-order valence-corrected chi connectivity index (χ3v) is 2.86. The van der Waals surface area contributed by atoms with E-state index in [2.05, 4.69) is 20.1 Å². The number of carbonyl (C=O) groups is 2. The van der Waals surface area contributed by atoms with Gasteiger partial charge in [-0.05, 0) is 18.8 Å². The van der Waals surface area contributed by atoms with Gasteiger partial charge in [-0.3, -0.25) is 0 Å². The molecule has 0 aliphatic heterocycles. The molecule has 0 radical (unpaired) electrons. The van der Waals surface area contributed by atoms with E-state index in [0.29, 0.717) is 24.5 Å². The molecular weight excluding hydrogens is 280 g/mol. The topological polar surface area (TPSA) is 63.6 Å². The molecule has 1 N–H and O–H groups in total. The first-order valence-corrected chi connectivity index (χ1v) is 8.05. The smallest absolute Gasteiger partial charge is 0.330 e. The molecule has 0 amide bonds. The van der Waals surface area contributed by atoms with Crippen molar-refractivity contribution in [3.8, 4) is 0 Å². The lowest BCUT2D eigenvalue weighted by atomic mass is 10.1. The Kier molecular flexibility index (Phi) is 16.3. The van der Waals surface area contributed by atoms with E-state index in [9.17, 15) is 9.59 Å². The number of ether oxygens (including phenoxy) is 1. The molecule has 0 saturated heterocycles. The van der Waals surface area contributed by atoms with Crippen LogP contribution < -0.4 is 0 Å². The molecule has 0 spiro atoms. The molecule has 0 fully saturated rings. The number of carboxylic acids is 1. The van der Waals surface area contributed by atoms with Crippen LogP contribution in [0.3, 0.4) is 0 Å². The molecular formula is C18H32O4. The maximum Gasteiger partial charge on any atom is 0.330 e. The average Bonchev–Trinajstić information content (AvgIpc) is 2.48. The van der Waals surface area contributed by atoms with Gasteiger partial charge in [-0.1, -0.05) is 66.0 Å². The predicted molar refractivity (Wildman–Crippen MR) is 90.8 cm³/mol. The molecule has 0 heterocycles. The summed E-state index contributed by atoms with van der Waals surface area (Å²) >= 11 is 0. The minimum absolute atomic E-state index is 0.343. The van der Waals surface area contributed by atoms with Gasteiger partial charge in [0, 0.05) is 11.6 Å². The molecule has 0 aliphatic carbocycles. The van der Waals surface area contributed by atoms with Crippen LogP contribution in [0.15, 0.2) is 24.8 Å². The summed E-state index contributed by atoms with van der Waals surface area (Å²) < 4.78 is 4.70. The first-order valence-electron chi connectivity index (χ1n) is 8.05. The predicted octanol–water partition coefficient (Wildman–Crippen LogP) is 4.75. The minimum atomic E-state index is -0.853. The number of esters is 1. The molecule has 4 nitrogen and oxygen atoms in total. The molecule has 0 aromatic heterocycles. The van der Waals surface area contributed by atoms with E-state index in [1.54, 1.807) is 0 Å². The van der Waals surface area contributed by atoms with Crippen molar-refractivity contribution in [3.05, 3.63) is 24.8 Å². The van der Waals surface area contributed by atoms with Crippen LogP contribution in [0.5, 0.6) is 0 Å². The van der Waals surface area contributed by atoms with Crippen molar-refractivity contribution in [3.63, 3.8) is 0 Å². The Morgan fingerprint density at radius 2 is 1.68 bits per heavy atom. The van der Waals surface area contributed by atoms with Crippen LogP contribution in [-0.4, -0.2) is 23.7 Å². The molecule has 0 atom stereocenters. The zero-order valence-corrected chi connectivity index (χ0v) is 14.4. The lowest BCUT2D eigenvalue weighted by Crippen LogP contribution is -2.06. The van der Waals surface area contributed by atoms with Crippen molar-refractivity contribution in [2.45, 2.75) is 65.7 Å². The highest BCUT2D eigenvalue weighted by molar-refractivity contribution is 5.85. The second-order valence-corrected chi connectivity index (χ2v) is 5.65. The van der Waals surface area contributed by atoms with E-state index in [-0.39, 0.29) is 5.97 Å². The fourth-order valence-electron chi connectivity index (χ4n) is 1.53. The molecule has 0 aliphatic rings. The maximum atomic E-state index is 10.4. The Labute approximate surface area is 135 Å². The molecule has 0 rings (SSSR count). The number of aliphatic carboxylic acids is 1. The third-order valence-electron chi connectivity index (χ3n) is 2.86. The maximum absolute atomic E-state index is 10.4. The molecule has 0 bridgehead atoms. The van der Waals surface area contributed by atoms with Gasteiger partial charge in [-0.15, -0.1) is 0 Å². The van der Waals surface area contributed by atoms with Crippen molar-refractivity contribution in [2.24, 2.45) is 5.92 Å². The monoisotopic (exact) mass is 312 g/mol. The Morgan fingerprint density at radius 3 is 2.14 bits per heavy atom. The molecule has 0 aromatic rings. The van der Waals surface area contributed by atoms with Crippen molar-refractivity contribution < 1.29 is 19.4 Å². The Balaban J connectivity index is 0. The van der Waals surface area contributed by atoms with E-state index < -0.39 is 5.97 Å². The van der Waals surface area contributed by atoms with E-state index in [1.807, 2.05) is 13.8 Å². The van der Waals surface area contributed by atoms with Gasteiger partial charge in [0.15, 0.2) is 0 Å². The Hall–Kier alpha value is -1.58. The SMILES string of the molecule is C=C(CCCCCCCC)C(=O)O.C=CC(=O)OCC(C)C. The van der Waals surface area contributed by atoms with Gasteiger partial charge in [0.25, 0.3) is 0 Å². The van der Waals surface area contributed by atoms with Crippen molar-refractivity contribution in [1.29, 1.82) is 0 Å². The summed E-state index contributed by atoms with van der Waals surface area (Å²) in [6, 6.07) is 0. The summed E-state index contributed by atoms with van der Waals surface area (Å²) in [5, 5.41) is 8.52. The quantitative estimate of drug-likeness (QED) is 0.340. The van der Waals surface area contributed by atoms with Crippen LogP contribution in [0.4, 0.5) is 0 Å². The second-order valence-electron chi connectivity index (χ2n) is 5.65. The molecule has 0 saturated carbocycles. The van der Waals surface area contributed by atoms with Gasteiger partial charge in [0.1, 0.15) is 0 Å². The summed E-state index contributed by atoms with van der Waals surface area (Å²) in [6.45, 7) is 13.4. The van der Waals surface area contributed by atoms with Gasteiger partial charge in [-0.2, -0.15) is 0 Å². The minimum Gasteiger partial charge on any atom is -0.478 e. The highest BCUT2D eigenvalue weighted by Crippen LogP contribution is 2.10. The Bertz CT molecular complexity index is 332. The second kappa shape index (κ2) is 15.8. The van der Waals surface area contributed by atoms with Crippen LogP contribution in [-0.2, 0) is 14.3 Å². The van der Waals surface area contributed by atoms with Gasteiger partial charge < -0.3 is 9.84 Å². The highest BCUT2D eigenvalue weighted by atomic mass is 16.5. The van der Waals surface area contributed by atoms with Crippen LogP contribution in [0.1, 0.15) is 65.7 Å². The fourth-order valence-corrected chi connectivity index (χ4v) is 1.53. The number of hydrogen-bond donors (Lipinski definition) is 1. The van der Waals surface area contributed by atoms with E-state index in [0.717, 1.165) is 12.8 Å². The van der Waals surface area contributed by atoms with Crippen molar-refractivity contribution >= 4 is 11.9 Å². The van der Waals surface area contributed by atoms with Crippen molar-refractivity contribution in [2.75, 3.05) is 6.61 Å². The largest absolute Gasteiger partial charge is 0.478 e. The number of rotatable bonds is 11. The van der Waals surface area contributed by atoms with Crippen molar-refractivity contribution in [1.82, 2.24) is 0 Å². The van der Waals surface area contributed by atoms with E-state index in [4.69, 9.17) is 9.84 Å². The first-order chi connectivity index (χ1) is 10.3. The van der Waals surface area contributed by atoms with Crippen LogP contribution in [0, 0.1) is 5.92 Å². The summed E-state index contributed by atoms with van der Waals surface area (Å²) in [5.41, 5.74) is 0.343. The first kappa shape index (κ1) is 22.7. The van der Waals surface area contributed by atoms with Crippen LogP contribution in [0.25, 0.3) is 0 Å². The average molecular weight is 312 g/mol. The number of hydrogen-bond acceptors (Lipinski definition) is 3. The van der Waals surface area contributed by atoms with Gasteiger partial charge >= 0.3 is 11.9 Å². The third kappa shape index (κ3) is 18.4. The summed E-state index contributed by atoms with van der Waals surface area (Å²) in [5.74, 6) is -0.800. The van der Waals surface area contributed by atoms with E-state index >= 15 is 0 Å². The van der Waals surface area contributed by atoms with Gasteiger partial charge in [0.2, 0.25) is 0 Å². The molecule has 4 heteroatoms. The lowest BCUT2D eigenvalue weighted by Gasteiger charge is -2.02. The summed E-state index contributed by atoms with van der Waals surface area (Å²) in [4.78, 5) is 20.7. The number of carboxylic acid groups (broad SMARTS) is 1. The standard InChI is InChI=1S/C11H20O2.C7H12O2/c1-3-4-5-6-7-8-9-10(2)11(12)13;1-4-7(8)9-5-6(2)3/h2-9H2,1H3,(H,12,13);4,6H,1,5H2,2-3H3. The van der Waals surface area contributed by atoms with Crippen LogP contribution in [0.2, 0.25) is 0 Å². The summed E-state index contributed by atoms with van der Waals surface area (Å²) in [7, 11) is 0. The highest BCUT2D eigenvalue weighted by Gasteiger charge is 2.02. The zero-order chi connectivity index (χ0) is 17.4. The number of unbranched alkanes of at least 4 members (excludes halogenated alkanes) is 5. The van der Waals surface area contributed by atoms with Gasteiger partial charge in [0.05, 0.1) is 6.61 Å². The number of carbonyl (C=O) groups excluding carboxylic acids is 1. The zero-order valence-electron chi connectivity index (χ0n) is 14.4. The molecule has 0 unspecified atom stereocenters. The van der Waals surface area contributed by atoms with E-state index in [1.165, 1.54) is 31.8 Å². The lowest BCUT2D eigenvalue weighted by molar-refractivity contribution is -0.138. The van der Waals surface area contributed by atoms with Crippen LogP contribution >= 0.6 is 0 Å². The fraction of sp³-hybridized carbons (Fsp3) is 0.667. The normalized spacial score (nSPS) is 9.64.